The second-order valence-electron chi connectivity index (χ2n) is 7.05. The molecule has 0 radical (unpaired) electrons. The third kappa shape index (κ3) is 4.92. The van der Waals surface area contributed by atoms with Gasteiger partial charge in [-0.2, -0.15) is 0 Å². The zero-order chi connectivity index (χ0) is 20.1. The fourth-order valence-electron chi connectivity index (χ4n) is 3.57. The highest BCUT2D eigenvalue weighted by atomic mass is 32.1. The third-order valence-electron chi connectivity index (χ3n) is 5.03. The topological polar surface area (TPSA) is 62.3 Å². The Hall–Kier alpha value is -2.51. The fraction of sp³-hybridized carbons (Fsp3) is 0.318. The van der Waals surface area contributed by atoms with Gasteiger partial charge in [-0.15, -0.1) is 22.7 Å². The molecular formula is C22H23N3O2S2. The highest BCUT2D eigenvalue weighted by molar-refractivity contribution is 7.13. The molecule has 5 nitrogen and oxygen atoms in total. The minimum atomic E-state index is -0.349. The van der Waals surface area contributed by atoms with E-state index in [9.17, 15) is 9.59 Å². The normalized spacial score (nSPS) is 16.1. The molecule has 1 fully saturated rings. The molecule has 1 aliphatic heterocycles. The van der Waals surface area contributed by atoms with E-state index in [1.807, 2.05) is 53.2 Å². The van der Waals surface area contributed by atoms with Crippen molar-refractivity contribution in [3.8, 4) is 10.6 Å². The Morgan fingerprint density at radius 3 is 2.79 bits per heavy atom. The van der Waals surface area contributed by atoms with Crippen molar-refractivity contribution in [1.82, 2.24) is 15.2 Å². The van der Waals surface area contributed by atoms with E-state index < -0.39 is 0 Å². The summed E-state index contributed by atoms with van der Waals surface area (Å²) in [7, 11) is 0. The van der Waals surface area contributed by atoms with Gasteiger partial charge in [-0.05, 0) is 24.3 Å². The summed E-state index contributed by atoms with van der Waals surface area (Å²) in [5.74, 6) is -0.0161. The lowest BCUT2D eigenvalue weighted by Crippen LogP contribution is -2.46. The summed E-state index contributed by atoms with van der Waals surface area (Å²) in [6.07, 6.45) is 2.67. The lowest BCUT2D eigenvalue weighted by atomic mass is 10.2. The molecule has 1 aliphatic rings. The molecule has 4 rings (SSSR count). The van der Waals surface area contributed by atoms with Gasteiger partial charge in [-0.3, -0.25) is 9.59 Å². The van der Waals surface area contributed by atoms with Gasteiger partial charge >= 0.3 is 0 Å². The van der Waals surface area contributed by atoms with E-state index in [1.54, 1.807) is 27.6 Å². The molecule has 3 heterocycles. The Morgan fingerprint density at radius 1 is 1.14 bits per heavy atom. The molecule has 0 saturated carbocycles. The molecule has 0 unspecified atom stereocenters. The first-order valence-electron chi connectivity index (χ1n) is 9.80. The number of nitrogens with zero attached hydrogens (tertiary/aromatic N) is 2. The number of carbonyl (C=O) groups is 2. The highest BCUT2D eigenvalue weighted by Gasteiger charge is 2.33. The summed E-state index contributed by atoms with van der Waals surface area (Å²) in [6, 6.07) is 13.7. The number of nitrogens with one attached hydrogen (secondary N) is 1. The molecule has 0 aliphatic carbocycles. The molecule has 7 heteroatoms. The van der Waals surface area contributed by atoms with Crippen LogP contribution in [0.2, 0.25) is 0 Å². The van der Waals surface area contributed by atoms with Crippen molar-refractivity contribution in [3.63, 3.8) is 0 Å². The molecule has 0 spiro atoms. The number of benzene rings is 1. The number of amides is 2. The first-order valence-corrected chi connectivity index (χ1v) is 11.6. The van der Waals surface area contributed by atoms with E-state index in [2.05, 4.69) is 10.3 Å². The van der Waals surface area contributed by atoms with Crippen LogP contribution in [0.4, 0.5) is 0 Å². The Kier molecular flexibility index (Phi) is 6.36. The van der Waals surface area contributed by atoms with Gasteiger partial charge in [0.1, 0.15) is 11.0 Å². The minimum absolute atomic E-state index is 0.0390. The first-order chi connectivity index (χ1) is 14.2. The van der Waals surface area contributed by atoms with Crippen LogP contribution in [0, 0.1) is 0 Å². The summed E-state index contributed by atoms with van der Waals surface area (Å²) in [5, 5.41) is 8.01. The van der Waals surface area contributed by atoms with Crippen molar-refractivity contribution < 1.29 is 9.59 Å². The largest absolute Gasteiger partial charge is 0.354 e. The van der Waals surface area contributed by atoms with Crippen molar-refractivity contribution >= 4 is 34.5 Å². The van der Waals surface area contributed by atoms with Gasteiger partial charge in [0.2, 0.25) is 11.8 Å². The molecule has 1 N–H and O–H groups in total. The lowest BCUT2D eigenvalue weighted by Gasteiger charge is -2.23. The van der Waals surface area contributed by atoms with E-state index in [4.69, 9.17) is 0 Å². The SMILES string of the molecule is O=C(NCCc1csc(-c2ccccc2)n1)[C@H]1CCCN1C(=O)Cc1cccs1. The van der Waals surface area contributed by atoms with Gasteiger partial charge in [0.05, 0.1) is 12.1 Å². The number of thiazole rings is 1. The van der Waals surface area contributed by atoms with E-state index in [-0.39, 0.29) is 17.9 Å². The summed E-state index contributed by atoms with van der Waals surface area (Å²) in [6.45, 7) is 1.19. The number of aromatic nitrogens is 1. The van der Waals surface area contributed by atoms with E-state index in [0.29, 0.717) is 25.9 Å². The Bertz CT molecular complexity index is 954. The number of likely N-dealkylation sites (tertiary alicyclic amines) is 1. The zero-order valence-electron chi connectivity index (χ0n) is 16.0. The number of hydrogen-bond donors (Lipinski definition) is 1. The van der Waals surface area contributed by atoms with Crippen LogP contribution in [-0.2, 0) is 22.4 Å². The van der Waals surface area contributed by atoms with E-state index in [1.165, 1.54) is 0 Å². The molecular weight excluding hydrogens is 402 g/mol. The standard InChI is InChI=1S/C22H23N3O2S2/c26-20(14-18-8-5-13-28-18)25-12-4-9-19(25)21(27)23-11-10-17-15-29-22(24-17)16-6-2-1-3-7-16/h1-3,5-8,13,15,19H,4,9-12,14H2,(H,23,27)/t19-/m1/s1. The second-order valence-corrected chi connectivity index (χ2v) is 8.94. The van der Waals surface area contributed by atoms with E-state index in [0.717, 1.165) is 34.0 Å². The average Bonchev–Trinajstić information content (AvgIpc) is 3.50. The van der Waals surface area contributed by atoms with Crippen molar-refractivity contribution in [1.29, 1.82) is 0 Å². The van der Waals surface area contributed by atoms with Crippen LogP contribution in [0.1, 0.15) is 23.4 Å². The smallest absolute Gasteiger partial charge is 0.242 e. The van der Waals surface area contributed by atoms with Crippen LogP contribution in [0.15, 0.2) is 53.2 Å². The van der Waals surface area contributed by atoms with Crippen molar-refractivity contribution in [2.24, 2.45) is 0 Å². The number of carbonyl (C=O) groups excluding carboxylic acids is 2. The van der Waals surface area contributed by atoms with Crippen LogP contribution in [0.5, 0.6) is 0 Å². The number of rotatable bonds is 7. The minimum Gasteiger partial charge on any atom is -0.354 e. The summed E-state index contributed by atoms with van der Waals surface area (Å²) in [5.41, 5.74) is 2.09. The van der Waals surface area contributed by atoms with E-state index >= 15 is 0 Å². The Balaban J connectivity index is 1.28. The Labute approximate surface area is 178 Å². The van der Waals surface area contributed by atoms with Crippen LogP contribution in [-0.4, -0.2) is 40.8 Å². The van der Waals surface area contributed by atoms with Crippen LogP contribution in [0.25, 0.3) is 10.6 Å². The van der Waals surface area contributed by atoms with Gasteiger partial charge in [-0.25, -0.2) is 4.98 Å². The van der Waals surface area contributed by atoms with Gasteiger partial charge < -0.3 is 10.2 Å². The zero-order valence-corrected chi connectivity index (χ0v) is 17.7. The molecule has 0 bridgehead atoms. The number of hydrogen-bond acceptors (Lipinski definition) is 5. The molecule has 2 aromatic heterocycles. The predicted octanol–water partition coefficient (Wildman–Crippen LogP) is 3.76. The van der Waals surface area contributed by atoms with Gasteiger partial charge in [0.15, 0.2) is 0 Å². The summed E-state index contributed by atoms with van der Waals surface area (Å²) in [4.78, 5) is 32.7. The van der Waals surface area contributed by atoms with Crippen molar-refractivity contribution in [2.45, 2.75) is 31.7 Å². The summed E-state index contributed by atoms with van der Waals surface area (Å²) < 4.78 is 0. The molecule has 29 heavy (non-hydrogen) atoms. The van der Waals surface area contributed by atoms with Gasteiger partial charge in [0.25, 0.3) is 0 Å². The highest BCUT2D eigenvalue weighted by Crippen LogP contribution is 2.23. The Morgan fingerprint density at radius 2 is 2.00 bits per heavy atom. The van der Waals surface area contributed by atoms with Crippen LogP contribution >= 0.6 is 22.7 Å². The maximum Gasteiger partial charge on any atom is 0.242 e. The first kappa shape index (κ1) is 19.8. The predicted molar refractivity (Wildman–Crippen MR) is 117 cm³/mol. The second kappa shape index (κ2) is 9.33. The van der Waals surface area contributed by atoms with Crippen LogP contribution in [0.3, 0.4) is 0 Å². The average molecular weight is 426 g/mol. The van der Waals surface area contributed by atoms with Crippen molar-refractivity contribution in [2.75, 3.05) is 13.1 Å². The molecule has 2 amide bonds. The fourth-order valence-corrected chi connectivity index (χ4v) is 5.12. The molecule has 3 aromatic rings. The lowest BCUT2D eigenvalue weighted by molar-refractivity contribution is -0.137. The summed E-state index contributed by atoms with van der Waals surface area (Å²) >= 11 is 3.19. The van der Waals surface area contributed by atoms with Gasteiger partial charge in [0, 0.05) is 35.3 Å². The quantitative estimate of drug-likeness (QED) is 0.627. The third-order valence-corrected chi connectivity index (χ3v) is 6.85. The monoisotopic (exact) mass is 425 g/mol. The molecule has 1 aromatic carbocycles. The molecule has 150 valence electrons. The maximum atomic E-state index is 12.7. The van der Waals surface area contributed by atoms with Crippen molar-refractivity contribution in [3.05, 3.63) is 63.8 Å². The van der Waals surface area contributed by atoms with Gasteiger partial charge in [-0.1, -0.05) is 36.4 Å². The molecule has 1 atom stereocenters. The maximum absolute atomic E-state index is 12.7. The number of thiophene rings is 1. The van der Waals surface area contributed by atoms with Crippen LogP contribution < -0.4 is 5.32 Å². The molecule has 1 saturated heterocycles.